The molecular formula is C20H17Cl2N. The van der Waals surface area contributed by atoms with Gasteiger partial charge in [0.05, 0.1) is 0 Å². The topological polar surface area (TPSA) is 12.0 Å². The minimum atomic E-state index is 0.657. The molecule has 0 atom stereocenters. The first-order valence-electron chi connectivity index (χ1n) is 7.47. The van der Waals surface area contributed by atoms with Crippen molar-refractivity contribution >= 4 is 28.9 Å². The lowest BCUT2D eigenvalue weighted by Gasteiger charge is -2.12. The van der Waals surface area contributed by atoms with Gasteiger partial charge in [0.1, 0.15) is 0 Å². The van der Waals surface area contributed by atoms with E-state index < -0.39 is 0 Å². The van der Waals surface area contributed by atoms with Crippen molar-refractivity contribution in [1.82, 2.24) is 0 Å². The third-order valence-electron chi connectivity index (χ3n) is 3.75. The van der Waals surface area contributed by atoms with Crippen molar-refractivity contribution in [2.45, 2.75) is 13.5 Å². The van der Waals surface area contributed by atoms with Crippen LogP contribution in [0.4, 0.5) is 5.69 Å². The predicted molar refractivity (Wildman–Crippen MR) is 100 cm³/mol. The molecule has 0 fully saturated rings. The number of rotatable bonds is 4. The highest BCUT2D eigenvalue weighted by Gasteiger charge is 2.04. The molecule has 3 rings (SSSR count). The van der Waals surface area contributed by atoms with Crippen LogP contribution in [0.1, 0.15) is 11.1 Å². The zero-order valence-electron chi connectivity index (χ0n) is 12.8. The highest BCUT2D eigenvalue weighted by Crippen LogP contribution is 2.26. The Labute approximate surface area is 146 Å². The van der Waals surface area contributed by atoms with E-state index in [0.29, 0.717) is 16.6 Å². The molecule has 1 N–H and O–H groups in total. The first kappa shape index (κ1) is 15.9. The molecule has 0 heterocycles. The van der Waals surface area contributed by atoms with E-state index >= 15 is 0 Å². The zero-order chi connectivity index (χ0) is 16.2. The van der Waals surface area contributed by atoms with E-state index in [-0.39, 0.29) is 0 Å². The molecule has 0 radical (unpaired) electrons. The largest absolute Gasteiger partial charge is 0.381 e. The molecule has 0 saturated heterocycles. The fourth-order valence-electron chi connectivity index (χ4n) is 2.53. The molecule has 0 amide bonds. The molecule has 0 aliphatic carbocycles. The van der Waals surface area contributed by atoms with Crippen LogP contribution in [0.3, 0.4) is 0 Å². The highest BCUT2D eigenvalue weighted by molar-refractivity contribution is 6.34. The highest BCUT2D eigenvalue weighted by atomic mass is 35.5. The molecule has 116 valence electrons. The van der Waals surface area contributed by atoms with Crippen LogP contribution in [0.5, 0.6) is 0 Å². The Kier molecular flexibility index (Phi) is 4.90. The first-order chi connectivity index (χ1) is 11.1. The van der Waals surface area contributed by atoms with Gasteiger partial charge in [0.2, 0.25) is 0 Å². The van der Waals surface area contributed by atoms with Crippen LogP contribution in [0.15, 0.2) is 66.7 Å². The van der Waals surface area contributed by atoms with Crippen molar-refractivity contribution in [3.05, 3.63) is 87.9 Å². The molecule has 0 aliphatic rings. The van der Waals surface area contributed by atoms with Crippen LogP contribution in [0, 0.1) is 6.92 Å². The van der Waals surface area contributed by atoms with Crippen molar-refractivity contribution in [3.63, 3.8) is 0 Å². The van der Waals surface area contributed by atoms with Crippen LogP contribution < -0.4 is 5.32 Å². The summed E-state index contributed by atoms with van der Waals surface area (Å²) >= 11 is 12.1. The number of anilines is 1. The molecule has 3 heteroatoms. The van der Waals surface area contributed by atoms with Gasteiger partial charge >= 0.3 is 0 Å². The molecule has 1 nitrogen and oxygen atoms in total. The Morgan fingerprint density at radius 2 is 1.48 bits per heavy atom. The van der Waals surface area contributed by atoms with Gasteiger partial charge in [0, 0.05) is 22.3 Å². The summed E-state index contributed by atoms with van der Waals surface area (Å²) in [6, 6.07) is 22.4. The fraction of sp³-hybridized carbons (Fsp3) is 0.100. The summed E-state index contributed by atoms with van der Waals surface area (Å²) in [5.74, 6) is 0. The Hall–Kier alpha value is -1.96. The SMILES string of the molecule is Cc1ccc(-c2ccccc2)cc1NCc1cc(Cl)cc(Cl)c1. The van der Waals surface area contributed by atoms with Crippen LogP contribution in [-0.2, 0) is 6.54 Å². The van der Waals surface area contributed by atoms with E-state index in [1.165, 1.54) is 16.7 Å². The maximum absolute atomic E-state index is 6.06. The summed E-state index contributed by atoms with van der Waals surface area (Å²) in [6.45, 7) is 2.78. The molecule has 23 heavy (non-hydrogen) atoms. The minimum absolute atomic E-state index is 0.657. The van der Waals surface area contributed by atoms with E-state index in [1.54, 1.807) is 6.07 Å². The Morgan fingerprint density at radius 1 is 0.783 bits per heavy atom. The lowest BCUT2D eigenvalue weighted by atomic mass is 10.0. The standard InChI is InChI=1S/C20H17Cl2N/c1-14-7-8-17(16-5-3-2-4-6-16)11-20(14)23-13-15-9-18(21)12-19(22)10-15/h2-12,23H,13H2,1H3. The van der Waals surface area contributed by atoms with Crippen LogP contribution >= 0.6 is 23.2 Å². The van der Waals surface area contributed by atoms with E-state index in [0.717, 1.165) is 11.3 Å². The number of benzene rings is 3. The summed E-state index contributed by atoms with van der Waals surface area (Å²) < 4.78 is 0. The number of aryl methyl sites for hydroxylation is 1. The third kappa shape index (κ3) is 4.07. The number of hydrogen-bond acceptors (Lipinski definition) is 1. The maximum atomic E-state index is 6.06. The van der Waals surface area contributed by atoms with Crippen molar-refractivity contribution in [1.29, 1.82) is 0 Å². The van der Waals surface area contributed by atoms with Crippen LogP contribution in [-0.4, -0.2) is 0 Å². The Bertz CT molecular complexity index is 793. The lowest BCUT2D eigenvalue weighted by Crippen LogP contribution is -2.01. The van der Waals surface area contributed by atoms with Gasteiger partial charge in [-0.2, -0.15) is 0 Å². The fourth-order valence-corrected chi connectivity index (χ4v) is 3.10. The normalized spacial score (nSPS) is 10.6. The van der Waals surface area contributed by atoms with Gasteiger partial charge < -0.3 is 5.32 Å². The summed E-state index contributed by atoms with van der Waals surface area (Å²) in [6.07, 6.45) is 0. The second kappa shape index (κ2) is 7.08. The Morgan fingerprint density at radius 3 is 2.17 bits per heavy atom. The number of hydrogen-bond donors (Lipinski definition) is 1. The second-order valence-corrected chi connectivity index (χ2v) is 6.40. The average molecular weight is 342 g/mol. The molecule has 3 aromatic rings. The van der Waals surface area contributed by atoms with Crippen molar-refractivity contribution < 1.29 is 0 Å². The molecular weight excluding hydrogens is 325 g/mol. The van der Waals surface area contributed by atoms with Gasteiger partial charge in [-0.1, -0.05) is 65.7 Å². The van der Waals surface area contributed by atoms with Crippen molar-refractivity contribution in [2.75, 3.05) is 5.32 Å². The maximum Gasteiger partial charge on any atom is 0.0424 e. The molecule has 0 aliphatic heterocycles. The monoisotopic (exact) mass is 341 g/mol. The first-order valence-corrected chi connectivity index (χ1v) is 8.22. The molecule has 0 spiro atoms. The summed E-state index contributed by atoms with van der Waals surface area (Å²) in [7, 11) is 0. The summed E-state index contributed by atoms with van der Waals surface area (Å²) in [5, 5.41) is 4.79. The van der Waals surface area contributed by atoms with E-state index in [4.69, 9.17) is 23.2 Å². The summed E-state index contributed by atoms with van der Waals surface area (Å²) in [5.41, 5.74) is 5.79. The van der Waals surface area contributed by atoms with Gasteiger partial charge in [-0.15, -0.1) is 0 Å². The predicted octanol–water partition coefficient (Wildman–Crippen LogP) is 6.58. The van der Waals surface area contributed by atoms with Gasteiger partial charge in [0.25, 0.3) is 0 Å². The average Bonchev–Trinajstić information content (AvgIpc) is 2.54. The van der Waals surface area contributed by atoms with Crippen molar-refractivity contribution in [2.24, 2.45) is 0 Å². The van der Waals surface area contributed by atoms with Gasteiger partial charge in [-0.25, -0.2) is 0 Å². The Balaban J connectivity index is 1.82. The zero-order valence-corrected chi connectivity index (χ0v) is 14.3. The molecule has 3 aromatic carbocycles. The molecule has 0 saturated carbocycles. The van der Waals surface area contributed by atoms with Crippen molar-refractivity contribution in [3.8, 4) is 11.1 Å². The van der Waals surface area contributed by atoms with Crippen LogP contribution in [0.2, 0.25) is 10.0 Å². The quantitative estimate of drug-likeness (QED) is 0.564. The third-order valence-corrected chi connectivity index (χ3v) is 4.19. The summed E-state index contributed by atoms with van der Waals surface area (Å²) in [4.78, 5) is 0. The molecule has 0 unspecified atom stereocenters. The second-order valence-electron chi connectivity index (χ2n) is 5.53. The lowest BCUT2D eigenvalue weighted by molar-refractivity contribution is 1.14. The number of nitrogens with one attached hydrogen (secondary N) is 1. The van der Waals surface area contributed by atoms with E-state index in [9.17, 15) is 0 Å². The van der Waals surface area contributed by atoms with Gasteiger partial charge in [-0.05, 0) is 53.4 Å². The minimum Gasteiger partial charge on any atom is -0.381 e. The molecule has 0 bridgehead atoms. The smallest absolute Gasteiger partial charge is 0.0424 e. The van der Waals surface area contributed by atoms with E-state index in [2.05, 4.69) is 54.7 Å². The van der Waals surface area contributed by atoms with Gasteiger partial charge in [-0.3, -0.25) is 0 Å². The van der Waals surface area contributed by atoms with Gasteiger partial charge in [0.15, 0.2) is 0 Å². The van der Waals surface area contributed by atoms with E-state index in [1.807, 2.05) is 18.2 Å². The van der Waals surface area contributed by atoms with Crippen LogP contribution in [0.25, 0.3) is 11.1 Å². The number of halogens is 2. The molecule has 0 aromatic heterocycles.